The van der Waals surface area contributed by atoms with Crippen molar-refractivity contribution in [1.29, 1.82) is 0 Å². The van der Waals surface area contributed by atoms with Gasteiger partial charge in [-0.2, -0.15) is 11.8 Å². The van der Waals surface area contributed by atoms with Gasteiger partial charge in [0, 0.05) is 41.0 Å². The van der Waals surface area contributed by atoms with E-state index in [0.29, 0.717) is 25.4 Å². The molecule has 4 aliphatic rings. The Morgan fingerprint density at radius 1 is 0.603 bits per heavy atom. The highest BCUT2D eigenvalue weighted by Crippen LogP contribution is 2.66. The van der Waals surface area contributed by atoms with Gasteiger partial charge in [-0.15, -0.1) is 0 Å². The number of likely N-dealkylation sites (tertiary alicyclic amines) is 2. The van der Waals surface area contributed by atoms with Gasteiger partial charge in [0.05, 0.1) is 30.3 Å². The largest absolute Gasteiger partial charge is 0.467 e. The molecule has 4 rings (SSSR count). The number of nitrogens with zero attached hydrogens (tertiary/aromatic N) is 2. The molecule has 10 atom stereocenters. The van der Waals surface area contributed by atoms with Crippen LogP contribution in [0.25, 0.3) is 0 Å². The van der Waals surface area contributed by atoms with Crippen molar-refractivity contribution in [2.24, 2.45) is 57.2 Å². The van der Waals surface area contributed by atoms with Crippen LogP contribution in [0.15, 0.2) is 0 Å². The molecule has 0 aromatic heterocycles. The Morgan fingerprint density at radius 3 is 1.22 bits per heavy atom. The zero-order chi connectivity index (χ0) is 56.1. The van der Waals surface area contributed by atoms with Crippen LogP contribution in [0.1, 0.15) is 173 Å². The van der Waals surface area contributed by atoms with E-state index in [1.807, 2.05) is 67.2 Å². The third kappa shape index (κ3) is 15.9. The Morgan fingerprint density at radius 2 is 0.932 bits per heavy atom. The first-order valence-electron chi connectivity index (χ1n) is 26.0. The summed E-state index contributed by atoms with van der Waals surface area (Å²) >= 11 is 1.82. The molecule has 0 spiro atoms. The second-order valence-corrected chi connectivity index (χ2v) is 32.8. The summed E-state index contributed by atoms with van der Waals surface area (Å²) in [6.07, 6.45) is 1.27. The van der Waals surface area contributed by atoms with Crippen LogP contribution in [0.3, 0.4) is 0 Å². The lowest BCUT2D eigenvalue weighted by molar-refractivity contribution is -0.154. The molecule has 0 aromatic carbocycles. The number of methoxy groups -OCH3 is 2. The Bertz CT molecular complexity index is 2120. The standard InChI is InChI=1S/C27H49N3O6S.C27H49N3O4S.CH4/c1-16(2)13-27(11,15-37(34,35)25(6,7)8)29-23(33)28-20(24(3,4)5)21(31)30-14-17-18(26(17,9)10)19(30)22(32)36-12;1-16(2)13-27(11,15-35-25(6,7)8)29-23(33)28-20(24(3,4)5)21(31)30-14-17-18(26(17,9)10)19(30)22(32)34-12;/h16-20H,13-15H2,1-12H3,(H2,28,29,33);16-20H,13-15H2,1-12H3,(H2,28,29,33);1H4/t2*17-,18-,19-,20+,27-;/m00./s1. The van der Waals surface area contributed by atoms with Gasteiger partial charge in [-0.1, -0.05) is 125 Å². The summed E-state index contributed by atoms with van der Waals surface area (Å²) in [6, 6.07) is -3.95. The molecule has 2 aliphatic heterocycles. The molecule has 2 aliphatic carbocycles. The minimum atomic E-state index is -3.53. The lowest BCUT2D eigenvalue weighted by Crippen LogP contribution is -2.62. The van der Waals surface area contributed by atoms with Gasteiger partial charge in [0.2, 0.25) is 11.8 Å². The van der Waals surface area contributed by atoms with E-state index in [2.05, 4.69) is 90.5 Å². The summed E-state index contributed by atoms with van der Waals surface area (Å²) in [7, 11) is -0.846. The fraction of sp³-hybridized carbons (Fsp3) is 0.891. The number of thioether (sulfide) groups is 1. The van der Waals surface area contributed by atoms with E-state index in [1.54, 1.807) is 37.5 Å². The highest BCUT2D eigenvalue weighted by atomic mass is 32.2. The minimum absolute atomic E-state index is 0. The molecule has 4 N–H and O–H groups in total. The maximum atomic E-state index is 13.8. The number of piperidine rings is 2. The first kappa shape index (κ1) is 65.8. The number of sulfone groups is 1. The molecule has 0 unspecified atom stereocenters. The number of amides is 6. The summed E-state index contributed by atoms with van der Waals surface area (Å²) in [6.45, 7) is 44.2. The predicted molar refractivity (Wildman–Crippen MR) is 295 cm³/mol. The normalized spacial score (nSPS) is 25.5. The molecule has 2 heterocycles. The number of nitrogens with one attached hydrogen (secondary N) is 4. The van der Waals surface area contributed by atoms with E-state index in [-0.39, 0.29) is 82.2 Å². The fourth-order valence-corrected chi connectivity index (χ4v) is 13.8. The van der Waals surface area contributed by atoms with Crippen molar-refractivity contribution < 1.29 is 46.7 Å². The third-order valence-corrected chi connectivity index (χ3v) is 20.0. The predicted octanol–water partition coefficient (Wildman–Crippen LogP) is 8.70. The molecule has 0 radical (unpaired) electrons. The maximum absolute atomic E-state index is 13.8. The molecule has 16 nitrogen and oxygen atoms in total. The molecule has 18 heteroatoms. The molecule has 6 amide bonds. The van der Waals surface area contributed by atoms with Crippen LogP contribution in [0.2, 0.25) is 0 Å². The Balaban J connectivity index is 0.000000494. The zero-order valence-corrected chi connectivity index (χ0v) is 50.4. The number of hydrogen-bond acceptors (Lipinski definition) is 11. The number of esters is 2. The number of fused-ring (bicyclic) bond motifs is 2. The van der Waals surface area contributed by atoms with Crippen LogP contribution < -0.4 is 21.3 Å². The number of carbonyl (C=O) groups is 6. The van der Waals surface area contributed by atoms with Gasteiger partial charge < -0.3 is 40.5 Å². The van der Waals surface area contributed by atoms with Gasteiger partial charge in [0.15, 0.2) is 9.84 Å². The number of carbonyl (C=O) groups excluding carboxylic acids is 6. The number of hydrogen-bond donors (Lipinski definition) is 4. The molecule has 424 valence electrons. The van der Waals surface area contributed by atoms with Gasteiger partial charge in [-0.05, 0) is 92.8 Å². The van der Waals surface area contributed by atoms with Crippen LogP contribution in [-0.4, -0.2) is 138 Å². The first-order valence-corrected chi connectivity index (χ1v) is 28.7. The van der Waals surface area contributed by atoms with Crippen LogP contribution in [-0.2, 0) is 38.5 Å². The summed E-state index contributed by atoms with van der Waals surface area (Å²) in [4.78, 5) is 82.8. The van der Waals surface area contributed by atoms with Crippen molar-refractivity contribution in [3.8, 4) is 0 Å². The quantitative estimate of drug-likeness (QED) is 0.107. The topological polar surface area (TPSA) is 210 Å². The van der Waals surface area contributed by atoms with Crippen LogP contribution in [0.4, 0.5) is 9.59 Å². The van der Waals surface area contributed by atoms with Crippen LogP contribution in [0, 0.1) is 57.2 Å². The van der Waals surface area contributed by atoms with E-state index in [9.17, 15) is 37.2 Å². The van der Waals surface area contributed by atoms with Gasteiger partial charge in [0.1, 0.15) is 24.2 Å². The smallest absolute Gasteiger partial charge is 0.328 e. The Kier molecular flexibility index (Phi) is 20.5. The molecule has 2 saturated carbocycles. The van der Waals surface area contributed by atoms with E-state index in [1.165, 1.54) is 14.2 Å². The highest BCUT2D eigenvalue weighted by molar-refractivity contribution is 8.00. The van der Waals surface area contributed by atoms with Gasteiger partial charge in [-0.25, -0.2) is 27.6 Å². The Hall–Kier alpha value is -3.28. The van der Waals surface area contributed by atoms with E-state index >= 15 is 0 Å². The van der Waals surface area contributed by atoms with Crippen molar-refractivity contribution >= 4 is 57.4 Å². The first-order chi connectivity index (χ1) is 32.2. The van der Waals surface area contributed by atoms with Crippen molar-refractivity contribution in [3.63, 3.8) is 0 Å². The van der Waals surface area contributed by atoms with E-state index in [0.717, 1.165) is 12.2 Å². The number of rotatable bonds is 16. The second kappa shape index (κ2) is 22.7. The SMILES string of the molecule is C.COC(=O)[C@@H]1[C@@H]2[C@H](CN1C(=O)[C@@H](NC(=O)N[C@@](C)(CC(C)C)CS(=O)(=O)C(C)(C)C)C(C)(C)C)C2(C)C.COC(=O)[C@@H]1[C@@H]2[C@H](CN1C(=O)[C@@H](NC(=O)N[C@](C)(CSC(C)(C)C)CC(C)C)C(C)(C)C)C2(C)C. The average molecular weight is 1070 g/mol. The molecule has 4 fully saturated rings. The lowest BCUT2D eigenvalue weighted by atomic mass is 9.85. The summed E-state index contributed by atoms with van der Waals surface area (Å²) in [5.74, 6) is 0.284. The van der Waals surface area contributed by atoms with Crippen molar-refractivity contribution in [2.45, 2.75) is 217 Å². The molecular weight excluding hydrogens is 969 g/mol. The van der Waals surface area contributed by atoms with Crippen molar-refractivity contribution in [3.05, 3.63) is 0 Å². The monoisotopic (exact) mass is 1070 g/mol. The molecule has 0 aromatic rings. The second-order valence-electron chi connectivity index (χ2n) is 28.2. The number of ether oxygens (including phenoxy) is 2. The van der Waals surface area contributed by atoms with Crippen molar-refractivity contribution in [2.75, 3.05) is 38.8 Å². The fourth-order valence-electron chi connectivity index (χ4n) is 11.4. The van der Waals surface area contributed by atoms with Crippen LogP contribution >= 0.6 is 11.8 Å². The van der Waals surface area contributed by atoms with Crippen LogP contribution in [0.5, 0.6) is 0 Å². The maximum Gasteiger partial charge on any atom is 0.328 e. The molecule has 2 saturated heterocycles. The lowest BCUT2D eigenvalue weighted by Gasteiger charge is -2.39. The third-order valence-electron chi connectivity index (χ3n) is 15.5. The molecular formula is C55H102N6O10S2. The summed E-state index contributed by atoms with van der Waals surface area (Å²) in [5, 5.41) is 11.9. The molecule has 0 bridgehead atoms. The minimum Gasteiger partial charge on any atom is -0.467 e. The van der Waals surface area contributed by atoms with Gasteiger partial charge in [-0.3, -0.25) is 9.59 Å². The van der Waals surface area contributed by atoms with Gasteiger partial charge in [0.25, 0.3) is 0 Å². The van der Waals surface area contributed by atoms with E-state index < -0.39 is 72.7 Å². The van der Waals surface area contributed by atoms with Gasteiger partial charge >= 0.3 is 24.0 Å². The highest BCUT2D eigenvalue weighted by Gasteiger charge is 2.71. The Labute approximate surface area is 446 Å². The zero-order valence-electron chi connectivity index (χ0n) is 48.8. The number of urea groups is 2. The van der Waals surface area contributed by atoms with Crippen molar-refractivity contribution in [1.82, 2.24) is 31.1 Å². The summed E-state index contributed by atoms with van der Waals surface area (Å²) in [5.41, 5.74) is -2.69. The average Bonchev–Trinajstić information content (AvgIpc) is 3.64. The molecule has 73 heavy (non-hydrogen) atoms. The summed E-state index contributed by atoms with van der Waals surface area (Å²) < 4.78 is 35.3. The van der Waals surface area contributed by atoms with E-state index in [4.69, 9.17) is 9.47 Å².